The summed E-state index contributed by atoms with van der Waals surface area (Å²) in [6.07, 6.45) is 2.20. The Morgan fingerprint density at radius 2 is 1.93 bits per heavy atom. The number of rotatable bonds is 7. The summed E-state index contributed by atoms with van der Waals surface area (Å²) in [7, 11) is 0. The maximum Gasteiger partial charge on any atom is 0.219 e. The molecule has 3 N–H and O–H groups in total. The zero-order valence-corrected chi connectivity index (χ0v) is 9.01. The molecule has 1 unspecified atom stereocenters. The van der Waals surface area contributed by atoms with Crippen LogP contribution in [0, 0.1) is 0 Å². The lowest BCUT2D eigenvalue weighted by Crippen LogP contribution is -2.37. The fourth-order valence-corrected chi connectivity index (χ4v) is 0.995. The third kappa shape index (κ3) is 6.60. The third-order valence-electron chi connectivity index (χ3n) is 2.07. The van der Waals surface area contributed by atoms with Crippen LogP contribution >= 0.6 is 0 Å². The summed E-state index contributed by atoms with van der Waals surface area (Å²) in [4.78, 5) is 21.8. The smallest absolute Gasteiger partial charge is 0.219 e. The van der Waals surface area contributed by atoms with Gasteiger partial charge in [-0.15, -0.1) is 0 Å². The number of Topliss-reactive ketones (excluding diaryl/α,β-unsaturated/α-hetero) is 1. The molecule has 0 fully saturated rings. The average Bonchev–Trinajstić information content (AvgIpc) is 2.22. The standard InChI is InChI=1S/C10H20N2O2/c1-3-9(13)6-5-8(11)7-12-10(14)4-2/h8H,3-7,11H2,1-2H3,(H,12,14). The van der Waals surface area contributed by atoms with Crippen molar-refractivity contribution in [2.24, 2.45) is 5.73 Å². The Morgan fingerprint density at radius 3 is 2.43 bits per heavy atom. The Hall–Kier alpha value is -0.900. The summed E-state index contributed by atoms with van der Waals surface area (Å²) in [5.74, 6) is 0.226. The van der Waals surface area contributed by atoms with E-state index < -0.39 is 0 Å². The minimum Gasteiger partial charge on any atom is -0.355 e. The van der Waals surface area contributed by atoms with Crippen molar-refractivity contribution >= 4 is 11.7 Å². The van der Waals surface area contributed by atoms with Crippen molar-refractivity contribution in [3.8, 4) is 0 Å². The number of carbonyl (C=O) groups excluding carboxylic acids is 2. The molecule has 0 aromatic carbocycles. The van der Waals surface area contributed by atoms with E-state index in [0.29, 0.717) is 32.2 Å². The van der Waals surface area contributed by atoms with E-state index in [1.165, 1.54) is 0 Å². The van der Waals surface area contributed by atoms with Crippen LogP contribution in [0.5, 0.6) is 0 Å². The molecular formula is C10H20N2O2. The minimum absolute atomic E-state index is 0.00210. The normalized spacial score (nSPS) is 12.2. The molecule has 0 spiro atoms. The van der Waals surface area contributed by atoms with Gasteiger partial charge in [-0.25, -0.2) is 0 Å². The second-order valence-electron chi connectivity index (χ2n) is 3.35. The maximum absolute atomic E-state index is 11.0. The molecule has 0 heterocycles. The number of nitrogens with one attached hydrogen (secondary N) is 1. The van der Waals surface area contributed by atoms with Gasteiger partial charge in [-0.3, -0.25) is 9.59 Å². The van der Waals surface area contributed by atoms with Gasteiger partial charge < -0.3 is 11.1 Å². The van der Waals surface area contributed by atoms with Crippen LogP contribution in [-0.4, -0.2) is 24.3 Å². The highest BCUT2D eigenvalue weighted by atomic mass is 16.1. The van der Waals surface area contributed by atoms with E-state index in [9.17, 15) is 9.59 Å². The predicted molar refractivity (Wildman–Crippen MR) is 55.8 cm³/mol. The lowest BCUT2D eigenvalue weighted by atomic mass is 10.1. The monoisotopic (exact) mass is 200 g/mol. The van der Waals surface area contributed by atoms with Crippen LogP contribution < -0.4 is 11.1 Å². The van der Waals surface area contributed by atoms with Crippen molar-refractivity contribution < 1.29 is 9.59 Å². The lowest BCUT2D eigenvalue weighted by Gasteiger charge is -2.11. The van der Waals surface area contributed by atoms with Gasteiger partial charge in [-0.2, -0.15) is 0 Å². The Labute approximate surface area is 85.2 Å². The zero-order valence-electron chi connectivity index (χ0n) is 9.01. The predicted octanol–water partition coefficient (Wildman–Crippen LogP) is 0.599. The largest absolute Gasteiger partial charge is 0.355 e. The zero-order chi connectivity index (χ0) is 11.0. The van der Waals surface area contributed by atoms with Crippen molar-refractivity contribution in [2.45, 2.75) is 45.6 Å². The molecule has 1 amide bonds. The van der Waals surface area contributed by atoms with E-state index in [1.807, 2.05) is 6.92 Å². The molecule has 4 heteroatoms. The molecule has 0 bridgehead atoms. The maximum atomic E-state index is 11.0. The van der Waals surface area contributed by atoms with E-state index in [1.54, 1.807) is 6.92 Å². The van der Waals surface area contributed by atoms with Crippen LogP contribution in [-0.2, 0) is 9.59 Å². The molecular weight excluding hydrogens is 180 g/mol. The SMILES string of the molecule is CCC(=O)CCC(N)CNC(=O)CC. The molecule has 0 aliphatic rings. The second kappa shape index (κ2) is 7.50. The van der Waals surface area contributed by atoms with Crippen LogP contribution in [0.2, 0.25) is 0 Å². The minimum atomic E-state index is -0.110. The van der Waals surface area contributed by atoms with Gasteiger partial charge in [0.1, 0.15) is 5.78 Å². The van der Waals surface area contributed by atoms with Gasteiger partial charge in [-0.05, 0) is 6.42 Å². The fraction of sp³-hybridized carbons (Fsp3) is 0.800. The Morgan fingerprint density at radius 1 is 1.29 bits per heavy atom. The molecule has 14 heavy (non-hydrogen) atoms. The van der Waals surface area contributed by atoms with E-state index in [4.69, 9.17) is 5.73 Å². The molecule has 0 aliphatic heterocycles. The fourth-order valence-electron chi connectivity index (χ4n) is 0.995. The summed E-state index contributed by atoms with van der Waals surface area (Å²) in [6, 6.07) is -0.110. The first-order chi connectivity index (χ1) is 6.60. The van der Waals surface area contributed by atoms with E-state index in [0.717, 1.165) is 0 Å². The molecule has 0 saturated heterocycles. The van der Waals surface area contributed by atoms with Gasteiger partial charge in [0.05, 0.1) is 0 Å². The Bertz CT molecular complexity index is 173. The number of hydrogen-bond donors (Lipinski definition) is 2. The van der Waals surface area contributed by atoms with Gasteiger partial charge in [0.25, 0.3) is 0 Å². The Kier molecular flexibility index (Phi) is 7.02. The molecule has 0 aliphatic carbocycles. The Balaban J connectivity index is 3.50. The number of carbonyl (C=O) groups is 2. The highest BCUT2D eigenvalue weighted by Crippen LogP contribution is 1.97. The number of ketones is 1. The van der Waals surface area contributed by atoms with Crippen molar-refractivity contribution in [3.05, 3.63) is 0 Å². The van der Waals surface area contributed by atoms with Crippen LogP contribution in [0.4, 0.5) is 0 Å². The van der Waals surface area contributed by atoms with Gasteiger partial charge >= 0.3 is 0 Å². The first kappa shape index (κ1) is 13.1. The summed E-state index contributed by atoms with van der Waals surface area (Å²) < 4.78 is 0. The molecule has 4 nitrogen and oxygen atoms in total. The van der Waals surface area contributed by atoms with E-state index in [-0.39, 0.29) is 17.7 Å². The van der Waals surface area contributed by atoms with Crippen molar-refractivity contribution in [1.29, 1.82) is 0 Å². The van der Waals surface area contributed by atoms with Gasteiger partial charge in [0.15, 0.2) is 0 Å². The summed E-state index contributed by atoms with van der Waals surface area (Å²) in [5, 5.41) is 2.70. The topological polar surface area (TPSA) is 72.2 Å². The van der Waals surface area contributed by atoms with Gasteiger partial charge in [0.2, 0.25) is 5.91 Å². The number of nitrogens with two attached hydrogens (primary N) is 1. The molecule has 1 atom stereocenters. The van der Waals surface area contributed by atoms with E-state index in [2.05, 4.69) is 5.32 Å². The second-order valence-corrected chi connectivity index (χ2v) is 3.35. The number of amides is 1. The molecule has 0 saturated carbocycles. The third-order valence-corrected chi connectivity index (χ3v) is 2.07. The van der Waals surface area contributed by atoms with Gasteiger partial charge in [-0.1, -0.05) is 13.8 Å². The average molecular weight is 200 g/mol. The molecule has 0 rings (SSSR count). The summed E-state index contributed by atoms with van der Waals surface area (Å²) >= 11 is 0. The number of hydrogen-bond acceptors (Lipinski definition) is 3. The first-order valence-corrected chi connectivity index (χ1v) is 5.14. The first-order valence-electron chi connectivity index (χ1n) is 5.14. The van der Waals surface area contributed by atoms with Crippen molar-refractivity contribution in [2.75, 3.05) is 6.54 Å². The quantitative estimate of drug-likeness (QED) is 0.632. The molecule has 0 aromatic heterocycles. The highest BCUT2D eigenvalue weighted by molar-refractivity contribution is 5.78. The summed E-state index contributed by atoms with van der Waals surface area (Å²) in [6.45, 7) is 4.10. The van der Waals surface area contributed by atoms with Crippen LogP contribution in [0.1, 0.15) is 39.5 Å². The van der Waals surface area contributed by atoms with Crippen molar-refractivity contribution in [1.82, 2.24) is 5.32 Å². The summed E-state index contributed by atoms with van der Waals surface area (Å²) in [5.41, 5.74) is 5.71. The molecule has 82 valence electrons. The molecule has 0 aromatic rings. The van der Waals surface area contributed by atoms with Gasteiger partial charge in [0, 0.05) is 31.8 Å². The van der Waals surface area contributed by atoms with Crippen LogP contribution in [0.3, 0.4) is 0 Å². The van der Waals surface area contributed by atoms with E-state index >= 15 is 0 Å². The molecule has 0 radical (unpaired) electrons. The van der Waals surface area contributed by atoms with Crippen molar-refractivity contribution in [3.63, 3.8) is 0 Å². The highest BCUT2D eigenvalue weighted by Gasteiger charge is 2.06. The van der Waals surface area contributed by atoms with Crippen LogP contribution in [0.25, 0.3) is 0 Å². The lowest BCUT2D eigenvalue weighted by molar-refractivity contribution is -0.120. The van der Waals surface area contributed by atoms with Crippen LogP contribution in [0.15, 0.2) is 0 Å².